The van der Waals surface area contributed by atoms with Gasteiger partial charge in [0.25, 0.3) is 5.91 Å². The number of carbonyl (C=O) groups excluding carboxylic acids is 2. The maximum Gasteiger partial charge on any atom is 0.300 e. The molecule has 0 aliphatic heterocycles. The molecule has 0 aliphatic carbocycles. The van der Waals surface area contributed by atoms with Crippen LogP contribution in [0, 0.1) is 13.8 Å². The summed E-state index contributed by atoms with van der Waals surface area (Å²) in [6, 6.07) is 18.7. The minimum Gasteiger partial charge on any atom is -0.459 e. The number of carbonyl (C=O) groups is 2. The van der Waals surface area contributed by atoms with E-state index in [9.17, 15) is 9.59 Å². The zero-order valence-corrected chi connectivity index (χ0v) is 18.0. The second-order valence-corrected chi connectivity index (χ2v) is 8.01. The van der Waals surface area contributed by atoms with Crippen LogP contribution in [0.25, 0.3) is 11.3 Å². The van der Waals surface area contributed by atoms with Gasteiger partial charge in [-0.2, -0.15) is 0 Å². The van der Waals surface area contributed by atoms with E-state index in [2.05, 4.69) is 10.3 Å². The maximum atomic E-state index is 13.1. The zero-order valence-electron chi connectivity index (χ0n) is 17.2. The molecule has 6 nitrogen and oxygen atoms in total. The molecular formula is C24H21N3O3S. The Labute approximate surface area is 184 Å². The number of rotatable bonds is 6. The van der Waals surface area contributed by atoms with Crippen molar-refractivity contribution in [3.8, 4) is 11.3 Å². The van der Waals surface area contributed by atoms with Crippen LogP contribution in [0.2, 0.25) is 0 Å². The Hall–Kier alpha value is -3.58. The highest BCUT2D eigenvalue weighted by Gasteiger charge is 2.22. The van der Waals surface area contributed by atoms with Gasteiger partial charge in [-0.3, -0.25) is 14.2 Å². The fraction of sp³-hybridized carbons (Fsp3) is 0.125. The van der Waals surface area contributed by atoms with Crippen molar-refractivity contribution in [3.63, 3.8) is 0 Å². The third-order valence-electron chi connectivity index (χ3n) is 4.72. The standard InChI is InChI=1S/C24H21N3O3S/c1-16-10-11-19(17(2)13-16)26-22(28)15-31-24-25-14-20(18-7-4-3-5-8-18)27(24)23(29)21-9-6-12-30-21/h3-14H,15H2,1-2H3,(H,26,28). The molecular weight excluding hydrogens is 410 g/mol. The molecule has 0 spiro atoms. The molecule has 31 heavy (non-hydrogen) atoms. The molecule has 0 radical (unpaired) electrons. The third kappa shape index (κ3) is 4.62. The number of nitrogens with one attached hydrogen (secondary N) is 1. The summed E-state index contributed by atoms with van der Waals surface area (Å²) in [5, 5.41) is 3.35. The van der Waals surface area contributed by atoms with Gasteiger partial charge in [0.2, 0.25) is 5.91 Å². The number of anilines is 1. The van der Waals surface area contributed by atoms with E-state index in [1.807, 2.05) is 62.4 Å². The number of aryl methyl sites for hydroxylation is 2. The number of furan rings is 1. The quantitative estimate of drug-likeness (QED) is 0.426. The van der Waals surface area contributed by atoms with Gasteiger partial charge in [-0.1, -0.05) is 59.8 Å². The third-order valence-corrected chi connectivity index (χ3v) is 5.68. The number of imidazole rings is 1. The fourth-order valence-electron chi connectivity index (χ4n) is 3.23. The molecule has 7 heteroatoms. The van der Waals surface area contributed by atoms with Crippen molar-refractivity contribution >= 4 is 29.3 Å². The predicted octanol–water partition coefficient (Wildman–Crippen LogP) is 5.18. The Morgan fingerprint density at radius 1 is 1.06 bits per heavy atom. The van der Waals surface area contributed by atoms with Crippen molar-refractivity contribution in [2.24, 2.45) is 0 Å². The Balaban J connectivity index is 1.57. The van der Waals surface area contributed by atoms with E-state index >= 15 is 0 Å². The summed E-state index contributed by atoms with van der Waals surface area (Å²) in [5.74, 6) is -0.183. The van der Waals surface area contributed by atoms with Crippen LogP contribution >= 0.6 is 11.8 Å². The minimum absolute atomic E-state index is 0.115. The minimum atomic E-state index is -0.335. The normalized spacial score (nSPS) is 10.8. The van der Waals surface area contributed by atoms with Crippen LogP contribution in [-0.4, -0.2) is 27.1 Å². The highest BCUT2D eigenvalue weighted by atomic mass is 32.2. The molecule has 4 aromatic rings. The molecule has 0 aliphatic rings. The number of amides is 1. The Kier molecular flexibility index (Phi) is 6.04. The molecule has 1 amide bonds. The largest absolute Gasteiger partial charge is 0.459 e. The summed E-state index contributed by atoms with van der Waals surface area (Å²) >= 11 is 1.20. The topological polar surface area (TPSA) is 77.1 Å². The van der Waals surface area contributed by atoms with Crippen LogP contribution in [0.1, 0.15) is 21.7 Å². The number of hydrogen-bond donors (Lipinski definition) is 1. The highest BCUT2D eigenvalue weighted by molar-refractivity contribution is 7.99. The molecule has 0 saturated heterocycles. The summed E-state index contributed by atoms with van der Waals surface area (Å²) in [5.41, 5.74) is 4.40. The van der Waals surface area contributed by atoms with Crippen LogP contribution in [-0.2, 0) is 4.79 Å². The van der Waals surface area contributed by atoms with Crippen LogP contribution in [0.4, 0.5) is 5.69 Å². The van der Waals surface area contributed by atoms with Crippen LogP contribution in [0.3, 0.4) is 0 Å². The average molecular weight is 432 g/mol. The molecule has 0 bridgehead atoms. The number of hydrogen-bond acceptors (Lipinski definition) is 5. The van der Waals surface area contributed by atoms with Gasteiger partial charge < -0.3 is 9.73 Å². The lowest BCUT2D eigenvalue weighted by Gasteiger charge is -2.11. The predicted molar refractivity (Wildman–Crippen MR) is 121 cm³/mol. The number of thioether (sulfide) groups is 1. The number of benzene rings is 2. The summed E-state index contributed by atoms with van der Waals surface area (Å²) in [7, 11) is 0. The van der Waals surface area contributed by atoms with Crippen molar-refractivity contribution in [1.82, 2.24) is 9.55 Å². The van der Waals surface area contributed by atoms with Gasteiger partial charge in [0.05, 0.1) is 23.9 Å². The molecule has 0 atom stereocenters. The lowest BCUT2D eigenvalue weighted by molar-refractivity contribution is -0.113. The summed E-state index contributed by atoms with van der Waals surface area (Å²) in [6.07, 6.45) is 3.09. The maximum absolute atomic E-state index is 13.1. The first kappa shape index (κ1) is 20.7. The fourth-order valence-corrected chi connectivity index (χ4v) is 4.00. The van der Waals surface area contributed by atoms with Gasteiger partial charge in [0.15, 0.2) is 10.9 Å². The van der Waals surface area contributed by atoms with E-state index < -0.39 is 0 Å². The Morgan fingerprint density at radius 2 is 1.87 bits per heavy atom. The van der Waals surface area contributed by atoms with Crippen LogP contribution in [0.5, 0.6) is 0 Å². The smallest absolute Gasteiger partial charge is 0.300 e. The zero-order chi connectivity index (χ0) is 21.8. The van der Waals surface area contributed by atoms with E-state index in [4.69, 9.17) is 4.42 Å². The SMILES string of the molecule is Cc1ccc(NC(=O)CSc2ncc(-c3ccccc3)n2C(=O)c2ccco2)c(C)c1. The van der Waals surface area contributed by atoms with Crippen molar-refractivity contribution in [2.75, 3.05) is 11.1 Å². The molecule has 1 N–H and O–H groups in total. The molecule has 2 aromatic carbocycles. The highest BCUT2D eigenvalue weighted by Crippen LogP contribution is 2.27. The van der Waals surface area contributed by atoms with E-state index in [0.717, 1.165) is 22.4 Å². The van der Waals surface area contributed by atoms with Crippen molar-refractivity contribution in [3.05, 3.63) is 90.0 Å². The molecule has 0 fully saturated rings. The second-order valence-electron chi connectivity index (χ2n) is 7.07. The first-order valence-electron chi connectivity index (χ1n) is 9.74. The second kappa shape index (κ2) is 9.06. The molecule has 0 saturated carbocycles. The monoisotopic (exact) mass is 431 g/mol. The first-order valence-corrected chi connectivity index (χ1v) is 10.7. The molecule has 2 aromatic heterocycles. The van der Waals surface area contributed by atoms with E-state index in [1.165, 1.54) is 22.6 Å². The van der Waals surface area contributed by atoms with Gasteiger partial charge in [-0.25, -0.2) is 4.98 Å². The van der Waals surface area contributed by atoms with Gasteiger partial charge in [-0.15, -0.1) is 0 Å². The van der Waals surface area contributed by atoms with Gasteiger partial charge >= 0.3 is 0 Å². The summed E-state index contributed by atoms with van der Waals surface area (Å²) < 4.78 is 6.79. The van der Waals surface area contributed by atoms with E-state index in [0.29, 0.717) is 10.9 Å². The van der Waals surface area contributed by atoms with Crippen molar-refractivity contribution in [1.29, 1.82) is 0 Å². The van der Waals surface area contributed by atoms with Crippen molar-refractivity contribution < 1.29 is 14.0 Å². The van der Waals surface area contributed by atoms with E-state index in [1.54, 1.807) is 18.3 Å². The molecule has 0 unspecified atom stereocenters. The molecule has 156 valence electrons. The first-order chi connectivity index (χ1) is 15.0. The van der Waals surface area contributed by atoms with Crippen molar-refractivity contribution in [2.45, 2.75) is 19.0 Å². The number of nitrogens with zero attached hydrogens (tertiary/aromatic N) is 2. The van der Waals surface area contributed by atoms with Crippen LogP contribution in [0.15, 0.2) is 82.7 Å². The molecule has 4 rings (SSSR count). The van der Waals surface area contributed by atoms with Gasteiger partial charge in [0, 0.05) is 11.3 Å². The number of aromatic nitrogens is 2. The lowest BCUT2D eigenvalue weighted by atomic mass is 10.1. The lowest BCUT2D eigenvalue weighted by Crippen LogP contribution is -2.17. The van der Waals surface area contributed by atoms with E-state index in [-0.39, 0.29) is 23.3 Å². The van der Waals surface area contributed by atoms with Gasteiger partial charge in [-0.05, 0) is 37.6 Å². The Morgan fingerprint density at radius 3 is 2.58 bits per heavy atom. The summed E-state index contributed by atoms with van der Waals surface area (Å²) in [6.45, 7) is 3.96. The molecule has 2 heterocycles. The average Bonchev–Trinajstić information content (AvgIpc) is 3.45. The summed E-state index contributed by atoms with van der Waals surface area (Å²) in [4.78, 5) is 30.1. The van der Waals surface area contributed by atoms with Gasteiger partial charge in [0.1, 0.15) is 0 Å². The van der Waals surface area contributed by atoms with Crippen LogP contribution < -0.4 is 5.32 Å². The Bertz CT molecular complexity index is 1210.